The van der Waals surface area contributed by atoms with Crippen LogP contribution in [0, 0.1) is 0 Å². The quantitative estimate of drug-likeness (QED) is 0.174. The van der Waals surface area contributed by atoms with Crippen LogP contribution >= 0.6 is 0 Å². The largest absolute Gasteiger partial charge is 0.416 e. The first-order chi connectivity index (χ1) is 23.8. The number of anilines is 1. The topological polar surface area (TPSA) is 99.6 Å². The van der Waals surface area contributed by atoms with Gasteiger partial charge in [-0.3, -0.25) is 24.2 Å². The van der Waals surface area contributed by atoms with Gasteiger partial charge >= 0.3 is 6.18 Å². The Morgan fingerprint density at radius 1 is 1.00 bits per heavy atom. The van der Waals surface area contributed by atoms with Crippen molar-refractivity contribution < 1.29 is 36.3 Å². The number of rotatable bonds is 10. The number of hydrogen-bond donors (Lipinski definition) is 2. The Bertz CT molecular complexity index is 1940. The molecule has 0 aliphatic carbocycles. The standard InChI is InChI=1S/C36H33F5N6O3/c1-3-46-33-28(18-43-47(33)27-13-5-4-6-14-27)29(30(34(46)50)44-32(49)25-11-8-12-26(16-25)36(39,40)41)24-10-7-9-23(15-24)17-42-31(48)22(2)19-45-20-35(37,38)21-45/h4-16,18,29-30H,2-3,17,19-21H2,1H3,(H,42,48)(H,44,49)/t29-,30+/m0/s1. The number of carbonyl (C=O) groups is 3. The number of halogens is 5. The number of aromatic nitrogens is 2. The highest BCUT2D eigenvalue weighted by Crippen LogP contribution is 2.42. The van der Waals surface area contributed by atoms with E-state index >= 15 is 0 Å². The van der Waals surface area contributed by atoms with Crippen molar-refractivity contribution in [3.63, 3.8) is 0 Å². The molecule has 0 unspecified atom stereocenters. The number of alkyl halides is 5. The van der Waals surface area contributed by atoms with E-state index < -0.39 is 60.4 Å². The minimum Gasteiger partial charge on any atom is -0.348 e. The van der Waals surface area contributed by atoms with Crippen molar-refractivity contribution >= 4 is 23.5 Å². The smallest absolute Gasteiger partial charge is 0.348 e. The Kier molecular flexibility index (Phi) is 9.31. The lowest BCUT2D eigenvalue weighted by Gasteiger charge is -2.38. The van der Waals surface area contributed by atoms with Gasteiger partial charge in [0.1, 0.15) is 11.9 Å². The van der Waals surface area contributed by atoms with Crippen LogP contribution in [0.1, 0.15) is 45.5 Å². The van der Waals surface area contributed by atoms with E-state index in [-0.39, 0.29) is 30.8 Å². The van der Waals surface area contributed by atoms with Crippen LogP contribution in [-0.4, -0.2) is 70.5 Å². The van der Waals surface area contributed by atoms with E-state index in [1.54, 1.807) is 42.1 Å². The van der Waals surface area contributed by atoms with Gasteiger partial charge in [-0.25, -0.2) is 13.5 Å². The molecule has 2 atom stereocenters. The minimum absolute atomic E-state index is 0.00101. The fourth-order valence-corrected chi connectivity index (χ4v) is 6.35. The van der Waals surface area contributed by atoms with Gasteiger partial charge in [-0.2, -0.15) is 18.3 Å². The van der Waals surface area contributed by atoms with Crippen molar-refractivity contribution in [1.82, 2.24) is 25.3 Å². The van der Waals surface area contributed by atoms with Gasteiger partial charge in [-0.1, -0.05) is 55.1 Å². The van der Waals surface area contributed by atoms with E-state index in [2.05, 4.69) is 22.3 Å². The van der Waals surface area contributed by atoms with Gasteiger partial charge in [0.2, 0.25) is 5.91 Å². The molecule has 0 radical (unpaired) electrons. The Morgan fingerprint density at radius 2 is 1.72 bits per heavy atom. The molecule has 3 heterocycles. The number of likely N-dealkylation sites (N-methyl/N-ethyl adjacent to an activating group) is 1. The molecule has 9 nitrogen and oxygen atoms in total. The van der Waals surface area contributed by atoms with E-state index in [0.29, 0.717) is 28.2 Å². The third kappa shape index (κ3) is 7.01. The second-order valence-electron chi connectivity index (χ2n) is 12.3. The van der Waals surface area contributed by atoms with Crippen LogP contribution in [0.15, 0.2) is 97.2 Å². The number of carbonyl (C=O) groups excluding carboxylic acids is 3. The maximum absolute atomic E-state index is 14.3. The molecule has 260 valence electrons. The Morgan fingerprint density at radius 3 is 2.40 bits per heavy atom. The molecule has 6 rings (SSSR count). The Hall–Kier alpha value is -5.37. The van der Waals surface area contributed by atoms with Gasteiger partial charge in [0.25, 0.3) is 17.7 Å². The Balaban J connectivity index is 1.32. The lowest BCUT2D eigenvalue weighted by molar-refractivity contribution is -0.137. The van der Waals surface area contributed by atoms with Crippen molar-refractivity contribution in [2.45, 2.75) is 37.5 Å². The summed E-state index contributed by atoms with van der Waals surface area (Å²) in [6.45, 7) is 4.87. The lowest BCUT2D eigenvalue weighted by atomic mass is 9.81. The highest BCUT2D eigenvalue weighted by Gasteiger charge is 2.45. The number of benzene rings is 3. The molecule has 0 bridgehead atoms. The van der Waals surface area contributed by atoms with Crippen molar-refractivity contribution in [2.75, 3.05) is 31.1 Å². The van der Waals surface area contributed by atoms with Gasteiger partial charge in [-0.15, -0.1) is 0 Å². The van der Waals surface area contributed by atoms with Crippen LogP contribution < -0.4 is 15.5 Å². The summed E-state index contributed by atoms with van der Waals surface area (Å²) in [5, 5.41) is 10.1. The zero-order chi connectivity index (χ0) is 35.8. The maximum Gasteiger partial charge on any atom is 0.416 e. The zero-order valence-electron chi connectivity index (χ0n) is 26.9. The fourth-order valence-electron chi connectivity index (χ4n) is 6.35. The third-order valence-electron chi connectivity index (χ3n) is 8.69. The molecule has 1 saturated heterocycles. The fraction of sp³-hybridized carbons (Fsp3) is 0.278. The first kappa shape index (κ1) is 34.5. The first-order valence-electron chi connectivity index (χ1n) is 15.8. The summed E-state index contributed by atoms with van der Waals surface area (Å²) in [5.41, 5.74) is 1.34. The van der Waals surface area contributed by atoms with Crippen LogP contribution in [0.3, 0.4) is 0 Å². The monoisotopic (exact) mass is 692 g/mol. The summed E-state index contributed by atoms with van der Waals surface area (Å²) in [7, 11) is 0. The molecule has 3 aromatic carbocycles. The molecule has 2 N–H and O–H groups in total. The molecule has 1 aromatic heterocycles. The minimum atomic E-state index is -4.68. The van der Waals surface area contributed by atoms with Gasteiger partial charge in [-0.05, 0) is 48.4 Å². The molecule has 2 aliphatic heterocycles. The summed E-state index contributed by atoms with van der Waals surface area (Å²) >= 11 is 0. The summed E-state index contributed by atoms with van der Waals surface area (Å²) in [6, 6.07) is 18.8. The average molecular weight is 693 g/mol. The highest BCUT2D eigenvalue weighted by atomic mass is 19.4. The molecular formula is C36H33F5N6O3. The summed E-state index contributed by atoms with van der Waals surface area (Å²) in [4.78, 5) is 43.4. The molecule has 50 heavy (non-hydrogen) atoms. The number of fused-ring (bicyclic) bond motifs is 1. The normalized spacial score (nSPS) is 18.6. The van der Waals surface area contributed by atoms with Crippen LogP contribution in [0.5, 0.6) is 0 Å². The number of likely N-dealkylation sites (tertiary alicyclic amines) is 1. The molecular weight excluding hydrogens is 659 g/mol. The summed E-state index contributed by atoms with van der Waals surface area (Å²) < 4.78 is 68.5. The number of nitrogens with zero attached hydrogens (tertiary/aromatic N) is 4. The highest BCUT2D eigenvalue weighted by molar-refractivity contribution is 6.05. The molecule has 0 saturated carbocycles. The second kappa shape index (κ2) is 13.5. The number of nitrogens with one attached hydrogen (secondary N) is 2. The summed E-state index contributed by atoms with van der Waals surface area (Å²) in [5.74, 6) is -4.98. The van der Waals surface area contributed by atoms with Crippen LogP contribution in [0.4, 0.5) is 27.8 Å². The zero-order valence-corrected chi connectivity index (χ0v) is 26.9. The molecule has 4 aromatic rings. The predicted molar refractivity (Wildman–Crippen MR) is 175 cm³/mol. The van der Waals surface area contributed by atoms with Gasteiger partial charge < -0.3 is 10.6 Å². The van der Waals surface area contributed by atoms with Gasteiger partial charge in [0.15, 0.2) is 0 Å². The first-order valence-corrected chi connectivity index (χ1v) is 15.8. The van der Waals surface area contributed by atoms with E-state index in [1.807, 2.05) is 30.3 Å². The van der Waals surface area contributed by atoms with E-state index in [1.165, 1.54) is 15.9 Å². The van der Waals surface area contributed by atoms with Gasteiger partial charge in [0.05, 0.1) is 30.5 Å². The number of amides is 3. The third-order valence-corrected chi connectivity index (χ3v) is 8.69. The number of para-hydroxylation sites is 1. The van der Waals surface area contributed by atoms with Crippen LogP contribution in [-0.2, 0) is 22.3 Å². The van der Waals surface area contributed by atoms with Gasteiger partial charge in [0, 0.05) is 42.3 Å². The maximum atomic E-state index is 14.3. The van der Waals surface area contributed by atoms with E-state index in [0.717, 1.165) is 18.2 Å². The molecule has 3 amide bonds. The average Bonchev–Trinajstić information content (AvgIpc) is 3.51. The molecule has 2 aliphatic rings. The predicted octanol–water partition coefficient (Wildman–Crippen LogP) is 5.31. The second-order valence-corrected chi connectivity index (χ2v) is 12.3. The van der Waals surface area contributed by atoms with Crippen molar-refractivity contribution in [2.24, 2.45) is 0 Å². The number of hydrogen-bond acceptors (Lipinski definition) is 5. The van der Waals surface area contributed by atoms with Crippen LogP contribution in [0.2, 0.25) is 0 Å². The van der Waals surface area contributed by atoms with Crippen LogP contribution in [0.25, 0.3) is 5.69 Å². The van der Waals surface area contributed by atoms with Crippen molar-refractivity contribution in [3.05, 3.63) is 125 Å². The van der Waals surface area contributed by atoms with Crippen molar-refractivity contribution in [1.29, 1.82) is 0 Å². The molecule has 0 spiro atoms. The van der Waals surface area contributed by atoms with Crippen molar-refractivity contribution in [3.8, 4) is 5.69 Å². The van der Waals surface area contributed by atoms with E-state index in [4.69, 9.17) is 0 Å². The molecule has 1 fully saturated rings. The summed E-state index contributed by atoms with van der Waals surface area (Å²) in [6.07, 6.45) is -3.07. The lowest BCUT2D eigenvalue weighted by Crippen LogP contribution is -2.56. The van der Waals surface area contributed by atoms with E-state index in [9.17, 15) is 36.3 Å². The SMILES string of the molecule is C=C(CN1CC(F)(F)C1)C(=O)NCc1cccc([C@H]2c3cnn(-c4ccccc4)c3N(CC)C(=O)[C@@H]2NC(=O)c2cccc(C(F)(F)F)c2)c1. The Labute approximate surface area is 284 Å². The molecule has 14 heteroatoms.